The van der Waals surface area contributed by atoms with Crippen LogP contribution in [0.5, 0.6) is 11.6 Å². The van der Waals surface area contributed by atoms with Gasteiger partial charge in [-0.3, -0.25) is 0 Å². The summed E-state index contributed by atoms with van der Waals surface area (Å²) in [5, 5.41) is 8.08. The van der Waals surface area contributed by atoms with Gasteiger partial charge in [-0.15, -0.1) is 10.2 Å². The molecule has 1 aliphatic heterocycles. The van der Waals surface area contributed by atoms with Crippen molar-refractivity contribution in [2.75, 3.05) is 39.2 Å². The second kappa shape index (κ2) is 8.27. The maximum atomic E-state index is 14.0. The summed E-state index contributed by atoms with van der Waals surface area (Å²) < 4.78 is 51.7. The lowest BCUT2D eigenvalue weighted by molar-refractivity contribution is 0.123. The molecular weight excluding hydrogens is 387 g/mol. The normalized spacial score (nSPS) is 17.9. The van der Waals surface area contributed by atoms with Crippen LogP contribution in [0.4, 0.5) is 10.2 Å². The van der Waals surface area contributed by atoms with E-state index in [4.69, 9.17) is 9.47 Å². The molecule has 2 aromatic rings. The third-order valence-corrected chi connectivity index (χ3v) is 6.33. The van der Waals surface area contributed by atoms with E-state index in [-0.39, 0.29) is 23.3 Å². The Balaban J connectivity index is 1.72. The molecule has 0 radical (unpaired) electrons. The molecule has 28 heavy (non-hydrogen) atoms. The monoisotopic (exact) mass is 410 g/mol. The van der Waals surface area contributed by atoms with E-state index in [1.165, 1.54) is 23.5 Å². The van der Waals surface area contributed by atoms with Crippen LogP contribution in [0.1, 0.15) is 12.8 Å². The number of benzene rings is 1. The zero-order valence-electron chi connectivity index (χ0n) is 16.0. The van der Waals surface area contributed by atoms with Gasteiger partial charge in [-0.2, -0.15) is 4.31 Å². The number of nitrogens with zero attached hydrogens (tertiary/aromatic N) is 4. The number of hydrogen-bond acceptors (Lipinski definition) is 7. The second-order valence-electron chi connectivity index (χ2n) is 6.67. The largest absolute Gasteiger partial charge is 0.494 e. The van der Waals surface area contributed by atoms with Gasteiger partial charge in [0.2, 0.25) is 15.9 Å². The standard InChI is InChI=1S/C18H23FN4O4S/c1-22(2)17-8-9-18(21-20-17)27-13-5-4-10-23(12-13)28(24,25)14-6-7-16(26-3)15(19)11-14/h6-9,11,13H,4-5,10,12H2,1-3H3. The minimum Gasteiger partial charge on any atom is -0.494 e. The van der Waals surface area contributed by atoms with Gasteiger partial charge in [0.15, 0.2) is 17.4 Å². The van der Waals surface area contributed by atoms with Crippen molar-refractivity contribution in [2.45, 2.75) is 23.8 Å². The minimum absolute atomic E-state index is 0.00134. The summed E-state index contributed by atoms with van der Waals surface area (Å²) in [5.74, 6) is 0.315. The SMILES string of the molecule is COc1ccc(S(=O)(=O)N2CCCC(Oc3ccc(N(C)C)nn3)C2)cc1F. The number of anilines is 1. The molecule has 2 heterocycles. The molecule has 0 aliphatic carbocycles. The number of methoxy groups -OCH3 is 1. The smallest absolute Gasteiger partial charge is 0.243 e. The van der Waals surface area contributed by atoms with E-state index >= 15 is 0 Å². The Morgan fingerprint density at radius 2 is 2.00 bits per heavy atom. The summed E-state index contributed by atoms with van der Waals surface area (Å²) in [6.07, 6.45) is 0.970. The summed E-state index contributed by atoms with van der Waals surface area (Å²) in [5.41, 5.74) is 0. The lowest BCUT2D eigenvalue weighted by Gasteiger charge is -2.31. The highest BCUT2D eigenvalue weighted by molar-refractivity contribution is 7.89. The van der Waals surface area contributed by atoms with Crippen LogP contribution in [-0.4, -0.2) is 63.3 Å². The van der Waals surface area contributed by atoms with Gasteiger partial charge in [0.1, 0.15) is 6.10 Å². The highest BCUT2D eigenvalue weighted by Crippen LogP contribution is 2.26. The van der Waals surface area contributed by atoms with Crippen LogP contribution in [0.3, 0.4) is 0 Å². The Bertz CT molecular complexity index is 922. The summed E-state index contributed by atoms with van der Waals surface area (Å²) in [6, 6.07) is 7.10. The van der Waals surface area contributed by atoms with Crippen molar-refractivity contribution in [2.24, 2.45) is 0 Å². The summed E-state index contributed by atoms with van der Waals surface area (Å²) in [7, 11) is 1.20. The molecule has 3 rings (SSSR count). The lowest BCUT2D eigenvalue weighted by atomic mass is 10.1. The van der Waals surface area contributed by atoms with Gasteiger partial charge in [-0.1, -0.05) is 0 Å². The average Bonchev–Trinajstić information content (AvgIpc) is 2.68. The first-order chi connectivity index (χ1) is 13.3. The van der Waals surface area contributed by atoms with E-state index in [2.05, 4.69) is 10.2 Å². The van der Waals surface area contributed by atoms with Crippen LogP contribution in [0.25, 0.3) is 0 Å². The number of sulfonamides is 1. The van der Waals surface area contributed by atoms with Crippen LogP contribution >= 0.6 is 0 Å². The van der Waals surface area contributed by atoms with Crippen LogP contribution < -0.4 is 14.4 Å². The minimum atomic E-state index is -3.84. The van der Waals surface area contributed by atoms with Crippen molar-refractivity contribution in [3.8, 4) is 11.6 Å². The molecule has 1 aromatic carbocycles. The van der Waals surface area contributed by atoms with Crippen molar-refractivity contribution < 1.29 is 22.3 Å². The van der Waals surface area contributed by atoms with Crippen LogP contribution in [0, 0.1) is 5.82 Å². The summed E-state index contributed by atoms with van der Waals surface area (Å²) in [6.45, 7) is 0.508. The molecule has 0 saturated carbocycles. The second-order valence-corrected chi connectivity index (χ2v) is 8.60. The molecule has 1 fully saturated rings. The highest BCUT2D eigenvalue weighted by atomic mass is 32.2. The Morgan fingerprint density at radius 1 is 1.21 bits per heavy atom. The Labute approximate surface area is 163 Å². The highest BCUT2D eigenvalue weighted by Gasteiger charge is 2.32. The average molecular weight is 410 g/mol. The number of halogens is 1. The first-order valence-electron chi connectivity index (χ1n) is 8.82. The first kappa shape index (κ1) is 20.3. The fourth-order valence-electron chi connectivity index (χ4n) is 2.96. The number of rotatable bonds is 6. The zero-order chi connectivity index (χ0) is 20.3. The molecule has 10 heteroatoms. The van der Waals surface area contributed by atoms with Gasteiger partial charge in [-0.25, -0.2) is 12.8 Å². The van der Waals surface area contributed by atoms with E-state index in [0.717, 1.165) is 6.07 Å². The Hall–Kier alpha value is -2.46. The Kier molecular flexibility index (Phi) is 5.99. The van der Waals surface area contributed by atoms with Crippen molar-refractivity contribution in [1.29, 1.82) is 0 Å². The van der Waals surface area contributed by atoms with Gasteiger partial charge in [0.05, 0.1) is 18.6 Å². The van der Waals surface area contributed by atoms with E-state index in [1.54, 1.807) is 12.1 Å². The fraction of sp³-hybridized carbons (Fsp3) is 0.444. The molecule has 1 unspecified atom stereocenters. The van der Waals surface area contributed by atoms with Gasteiger partial charge in [-0.05, 0) is 37.1 Å². The molecule has 0 amide bonds. The molecule has 1 aliphatic rings. The predicted octanol–water partition coefficient (Wildman–Crippen LogP) is 1.92. The third-order valence-electron chi connectivity index (χ3n) is 4.47. The molecule has 0 bridgehead atoms. The molecule has 8 nitrogen and oxygen atoms in total. The first-order valence-corrected chi connectivity index (χ1v) is 10.3. The quantitative estimate of drug-likeness (QED) is 0.719. The molecular formula is C18H23FN4O4S. The number of hydrogen-bond donors (Lipinski definition) is 0. The molecule has 0 N–H and O–H groups in total. The summed E-state index contributed by atoms with van der Waals surface area (Å²) in [4.78, 5) is 1.71. The lowest BCUT2D eigenvalue weighted by Crippen LogP contribution is -2.44. The van der Waals surface area contributed by atoms with Gasteiger partial charge < -0.3 is 14.4 Å². The maximum Gasteiger partial charge on any atom is 0.243 e. The predicted molar refractivity (Wildman–Crippen MR) is 102 cm³/mol. The topological polar surface area (TPSA) is 84.9 Å². The zero-order valence-corrected chi connectivity index (χ0v) is 16.8. The van der Waals surface area contributed by atoms with Gasteiger partial charge in [0.25, 0.3) is 0 Å². The van der Waals surface area contributed by atoms with Crippen molar-refractivity contribution in [3.05, 3.63) is 36.1 Å². The number of aromatic nitrogens is 2. The molecule has 1 aromatic heterocycles. The Morgan fingerprint density at radius 3 is 2.61 bits per heavy atom. The molecule has 0 spiro atoms. The van der Waals surface area contributed by atoms with Gasteiger partial charge >= 0.3 is 0 Å². The third kappa shape index (κ3) is 4.33. The van der Waals surface area contributed by atoms with Crippen LogP contribution in [0.15, 0.2) is 35.2 Å². The van der Waals surface area contributed by atoms with E-state index < -0.39 is 15.8 Å². The van der Waals surface area contributed by atoms with E-state index in [1.807, 2.05) is 19.0 Å². The van der Waals surface area contributed by atoms with Crippen molar-refractivity contribution in [1.82, 2.24) is 14.5 Å². The van der Waals surface area contributed by atoms with E-state index in [9.17, 15) is 12.8 Å². The van der Waals surface area contributed by atoms with E-state index in [0.29, 0.717) is 31.1 Å². The number of ether oxygens (including phenoxy) is 2. The fourth-order valence-corrected chi connectivity index (χ4v) is 4.48. The molecule has 152 valence electrons. The van der Waals surface area contributed by atoms with Crippen molar-refractivity contribution in [3.63, 3.8) is 0 Å². The van der Waals surface area contributed by atoms with Crippen LogP contribution in [-0.2, 0) is 10.0 Å². The summed E-state index contributed by atoms with van der Waals surface area (Å²) >= 11 is 0. The van der Waals surface area contributed by atoms with Crippen molar-refractivity contribution >= 4 is 15.8 Å². The maximum absolute atomic E-state index is 14.0. The van der Waals surface area contributed by atoms with Gasteiger partial charge in [0, 0.05) is 26.7 Å². The molecule has 1 saturated heterocycles. The van der Waals surface area contributed by atoms with Crippen LogP contribution in [0.2, 0.25) is 0 Å². The number of piperidine rings is 1. The molecule has 1 atom stereocenters.